The molecule has 7 nitrogen and oxygen atoms in total. The van der Waals surface area contributed by atoms with Gasteiger partial charge in [-0.2, -0.15) is 0 Å². The summed E-state index contributed by atoms with van der Waals surface area (Å²) in [6, 6.07) is 4.36. The van der Waals surface area contributed by atoms with Crippen molar-refractivity contribution >= 4 is 11.9 Å². The second kappa shape index (κ2) is 10.9. The largest absolute Gasteiger partial charge is 0.497 e. The van der Waals surface area contributed by atoms with E-state index in [9.17, 15) is 14.7 Å². The zero-order valence-electron chi connectivity index (χ0n) is 16.9. The van der Waals surface area contributed by atoms with Gasteiger partial charge < -0.3 is 24.6 Å². The Labute approximate surface area is 166 Å². The third kappa shape index (κ3) is 6.41. The van der Waals surface area contributed by atoms with Crippen LogP contribution in [-0.4, -0.2) is 43.4 Å². The van der Waals surface area contributed by atoms with Crippen molar-refractivity contribution in [3.05, 3.63) is 23.8 Å². The van der Waals surface area contributed by atoms with Gasteiger partial charge in [-0.25, -0.2) is 0 Å². The molecule has 1 fully saturated rings. The number of methoxy groups -OCH3 is 2. The van der Waals surface area contributed by atoms with Gasteiger partial charge in [0.1, 0.15) is 17.6 Å². The van der Waals surface area contributed by atoms with E-state index in [0.717, 1.165) is 25.7 Å². The number of carbonyl (C=O) groups excluding carboxylic acids is 1. The van der Waals surface area contributed by atoms with Gasteiger partial charge >= 0.3 is 5.97 Å². The molecule has 2 atom stereocenters. The van der Waals surface area contributed by atoms with Crippen LogP contribution in [0.4, 0.5) is 0 Å². The van der Waals surface area contributed by atoms with E-state index in [-0.39, 0.29) is 18.4 Å². The number of carboxylic acid groups (broad SMARTS) is 1. The molecule has 1 aromatic carbocycles. The van der Waals surface area contributed by atoms with Crippen molar-refractivity contribution in [2.24, 2.45) is 0 Å². The molecule has 28 heavy (non-hydrogen) atoms. The second-order valence-electron chi connectivity index (χ2n) is 7.16. The lowest BCUT2D eigenvalue weighted by molar-refractivity contribution is -0.139. The minimum absolute atomic E-state index is 0.0803. The van der Waals surface area contributed by atoms with E-state index in [1.165, 1.54) is 27.1 Å². The van der Waals surface area contributed by atoms with Gasteiger partial charge in [-0.1, -0.05) is 25.7 Å². The van der Waals surface area contributed by atoms with Crippen LogP contribution in [-0.2, 0) is 14.3 Å². The molecule has 1 aromatic rings. The van der Waals surface area contributed by atoms with E-state index < -0.39 is 18.1 Å². The summed E-state index contributed by atoms with van der Waals surface area (Å²) in [5.74, 6) is -0.289. The molecule has 1 saturated carbocycles. The van der Waals surface area contributed by atoms with Crippen LogP contribution in [0, 0.1) is 0 Å². The highest BCUT2D eigenvalue weighted by Gasteiger charge is 2.26. The van der Waals surface area contributed by atoms with Crippen LogP contribution in [0.15, 0.2) is 18.2 Å². The minimum atomic E-state index is -1.01. The van der Waals surface area contributed by atoms with Gasteiger partial charge in [0.05, 0.1) is 32.8 Å². The summed E-state index contributed by atoms with van der Waals surface area (Å²) in [6.07, 6.45) is 5.74. The van der Waals surface area contributed by atoms with Crippen LogP contribution in [0.25, 0.3) is 0 Å². The topological polar surface area (TPSA) is 94.1 Å². The van der Waals surface area contributed by atoms with Crippen molar-refractivity contribution < 1.29 is 28.9 Å². The van der Waals surface area contributed by atoms with Gasteiger partial charge in [0.25, 0.3) is 0 Å². The number of carbonyl (C=O) groups is 2. The van der Waals surface area contributed by atoms with Gasteiger partial charge in [-0.05, 0) is 31.9 Å². The Morgan fingerprint density at radius 1 is 1.14 bits per heavy atom. The van der Waals surface area contributed by atoms with Crippen LogP contribution in [0.3, 0.4) is 0 Å². The van der Waals surface area contributed by atoms with Gasteiger partial charge in [0, 0.05) is 11.6 Å². The quantitative estimate of drug-likeness (QED) is 0.624. The summed E-state index contributed by atoms with van der Waals surface area (Å²) < 4.78 is 16.5. The Hall–Kier alpha value is -2.28. The molecule has 2 rings (SSSR count). The fourth-order valence-electron chi connectivity index (χ4n) is 3.54. The van der Waals surface area contributed by atoms with Crippen LogP contribution in [0.1, 0.15) is 63.5 Å². The third-order valence-electron chi connectivity index (χ3n) is 5.08. The van der Waals surface area contributed by atoms with Crippen LogP contribution in [0.2, 0.25) is 0 Å². The summed E-state index contributed by atoms with van der Waals surface area (Å²) >= 11 is 0. The molecular formula is C21H31NO6. The normalized spacial score (nSPS) is 17.2. The van der Waals surface area contributed by atoms with E-state index in [4.69, 9.17) is 14.2 Å². The SMILES string of the molecule is COc1ccc(C(CC(=O)O)NC(=O)C(C)OC2CCCCCC2)c(OC)c1. The number of hydrogen-bond donors (Lipinski definition) is 2. The van der Waals surface area contributed by atoms with Crippen molar-refractivity contribution in [1.29, 1.82) is 0 Å². The molecular weight excluding hydrogens is 362 g/mol. The van der Waals surface area contributed by atoms with Crippen LogP contribution in [0.5, 0.6) is 11.5 Å². The first-order chi connectivity index (χ1) is 13.4. The molecule has 1 aliphatic carbocycles. The fraction of sp³-hybridized carbons (Fsp3) is 0.619. The Morgan fingerprint density at radius 3 is 2.39 bits per heavy atom. The van der Waals surface area contributed by atoms with Crippen LogP contribution < -0.4 is 14.8 Å². The predicted molar refractivity (Wildman–Crippen MR) is 105 cm³/mol. The molecule has 1 amide bonds. The molecule has 0 aromatic heterocycles. The molecule has 0 spiro atoms. The summed E-state index contributed by atoms with van der Waals surface area (Å²) in [5, 5.41) is 12.1. The van der Waals surface area contributed by atoms with Gasteiger partial charge in [0.15, 0.2) is 0 Å². The van der Waals surface area contributed by atoms with Crippen molar-refractivity contribution in [2.75, 3.05) is 14.2 Å². The minimum Gasteiger partial charge on any atom is -0.497 e. The van der Waals surface area contributed by atoms with E-state index in [0.29, 0.717) is 17.1 Å². The molecule has 2 unspecified atom stereocenters. The number of ether oxygens (including phenoxy) is 3. The van der Waals surface area contributed by atoms with Gasteiger partial charge in [0.2, 0.25) is 5.91 Å². The highest BCUT2D eigenvalue weighted by molar-refractivity contribution is 5.81. The first kappa shape index (κ1) is 22.0. The molecule has 0 aliphatic heterocycles. The highest BCUT2D eigenvalue weighted by atomic mass is 16.5. The maximum Gasteiger partial charge on any atom is 0.305 e. The zero-order valence-corrected chi connectivity index (χ0v) is 16.9. The lowest BCUT2D eigenvalue weighted by Crippen LogP contribution is -2.39. The van der Waals surface area contributed by atoms with E-state index in [1.807, 2.05) is 0 Å². The number of hydrogen-bond acceptors (Lipinski definition) is 5. The lowest BCUT2D eigenvalue weighted by atomic mass is 10.0. The van der Waals surface area contributed by atoms with Crippen molar-refractivity contribution in [1.82, 2.24) is 5.32 Å². The summed E-state index contributed by atoms with van der Waals surface area (Å²) in [4.78, 5) is 24.1. The van der Waals surface area contributed by atoms with Crippen molar-refractivity contribution in [2.45, 2.75) is 70.1 Å². The molecule has 1 aliphatic rings. The number of rotatable bonds is 9. The Balaban J connectivity index is 2.10. The number of aliphatic carboxylic acids is 1. The number of benzene rings is 1. The third-order valence-corrected chi connectivity index (χ3v) is 5.08. The lowest BCUT2D eigenvalue weighted by Gasteiger charge is -2.24. The Kier molecular flexibility index (Phi) is 8.57. The highest BCUT2D eigenvalue weighted by Crippen LogP contribution is 2.31. The summed E-state index contributed by atoms with van der Waals surface area (Å²) in [7, 11) is 3.03. The monoisotopic (exact) mass is 393 g/mol. The molecule has 2 N–H and O–H groups in total. The Bertz CT molecular complexity index is 654. The van der Waals surface area contributed by atoms with Gasteiger partial charge in [-0.15, -0.1) is 0 Å². The first-order valence-electron chi connectivity index (χ1n) is 9.84. The van der Waals surface area contributed by atoms with E-state index in [1.54, 1.807) is 25.1 Å². The van der Waals surface area contributed by atoms with E-state index >= 15 is 0 Å². The number of nitrogens with one attached hydrogen (secondary N) is 1. The maximum absolute atomic E-state index is 12.7. The average molecular weight is 393 g/mol. The zero-order chi connectivity index (χ0) is 20.5. The number of amides is 1. The van der Waals surface area contributed by atoms with Crippen LogP contribution >= 0.6 is 0 Å². The number of carboxylic acids is 1. The maximum atomic E-state index is 12.7. The fourth-order valence-corrected chi connectivity index (χ4v) is 3.54. The molecule has 156 valence electrons. The predicted octanol–water partition coefficient (Wildman–Crippen LogP) is 3.46. The van der Waals surface area contributed by atoms with Crippen molar-refractivity contribution in [3.63, 3.8) is 0 Å². The molecule has 0 saturated heterocycles. The van der Waals surface area contributed by atoms with E-state index in [2.05, 4.69) is 5.32 Å². The first-order valence-corrected chi connectivity index (χ1v) is 9.84. The summed E-state index contributed by atoms with van der Waals surface area (Å²) in [6.45, 7) is 1.71. The molecule has 0 bridgehead atoms. The molecule has 7 heteroatoms. The summed E-state index contributed by atoms with van der Waals surface area (Å²) in [5.41, 5.74) is 0.584. The standard InChI is InChI=1S/C21H31NO6/c1-14(28-15-8-6-4-5-7-9-15)21(25)22-18(13-20(23)24)17-11-10-16(26-2)12-19(17)27-3/h10-12,14-15,18H,4-9,13H2,1-3H3,(H,22,25)(H,23,24). The van der Waals surface area contributed by atoms with Gasteiger partial charge in [-0.3, -0.25) is 9.59 Å². The molecule has 0 radical (unpaired) electrons. The second-order valence-corrected chi connectivity index (χ2v) is 7.16. The molecule has 0 heterocycles. The smallest absolute Gasteiger partial charge is 0.305 e. The Morgan fingerprint density at radius 2 is 1.82 bits per heavy atom. The van der Waals surface area contributed by atoms with Crippen molar-refractivity contribution in [3.8, 4) is 11.5 Å². The average Bonchev–Trinajstić information content (AvgIpc) is 2.95.